The molecule has 2 N–H and O–H groups in total. The zero-order valence-electron chi connectivity index (χ0n) is 22.0. The van der Waals surface area contributed by atoms with Gasteiger partial charge in [0.25, 0.3) is 23.6 Å². The van der Waals surface area contributed by atoms with Gasteiger partial charge in [0.1, 0.15) is 0 Å². The normalized spacial score (nSPS) is 14.6. The van der Waals surface area contributed by atoms with E-state index in [2.05, 4.69) is 42.5 Å². The van der Waals surface area contributed by atoms with Gasteiger partial charge in [-0.05, 0) is 66.7 Å². The molecule has 0 saturated heterocycles. The Kier molecular flexibility index (Phi) is 7.74. The van der Waals surface area contributed by atoms with Gasteiger partial charge in [-0.25, -0.2) is 0 Å². The molecular formula is C31H26Br2N4O4. The second-order valence-electron chi connectivity index (χ2n) is 10.1. The molecule has 0 atom stereocenters. The third-order valence-corrected chi connectivity index (χ3v) is 8.43. The molecule has 0 spiro atoms. The molecule has 4 amide bonds. The van der Waals surface area contributed by atoms with Crippen LogP contribution in [0.5, 0.6) is 0 Å². The second kappa shape index (κ2) is 11.4. The third kappa shape index (κ3) is 5.10. The van der Waals surface area contributed by atoms with Gasteiger partial charge in [0, 0.05) is 68.2 Å². The molecule has 2 aliphatic rings. The van der Waals surface area contributed by atoms with E-state index >= 15 is 0 Å². The van der Waals surface area contributed by atoms with E-state index in [-0.39, 0.29) is 36.7 Å². The molecule has 6 rings (SSSR count). The molecule has 4 aromatic rings. The van der Waals surface area contributed by atoms with E-state index in [1.807, 2.05) is 36.4 Å². The average Bonchev–Trinajstić information content (AvgIpc) is 2.96. The predicted molar refractivity (Wildman–Crippen MR) is 164 cm³/mol. The molecule has 0 aliphatic carbocycles. The SMILES string of the molecule is O=C1c2cccc3cc(Br)cc(c23)C(=O)N1CCNCCCNCCN1C(=O)c2cccc3cc(Br)cc(c23)C1=O. The minimum atomic E-state index is -0.281. The first-order chi connectivity index (χ1) is 19.8. The second-order valence-corrected chi connectivity index (χ2v) is 11.9. The topological polar surface area (TPSA) is 98.8 Å². The van der Waals surface area contributed by atoms with Crippen LogP contribution in [0.15, 0.2) is 69.6 Å². The molecule has 41 heavy (non-hydrogen) atoms. The van der Waals surface area contributed by atoms with Gasteiger partial charge < -0.3 is 10.6 Å². The van der Waals surface area contributed by atoms with Crippen LogP contribution in [0.25, 0.3) is 21.5 Å². The van der Waals surface area contributed by atoms with Crippen molar-refractivity contribution in [3.63, 3.8) is 0 Å². The maximum Gasteiger partial charge on any atom is 0.261 e. The standard InChI is InChI=1S/C31H26Br2N4O4/c32-20-14-18-4-1-6-22-26(18)24(16-20)30(40)36(28(22)38)12-10-34-8-3-9-35-11-13-37-29(39)23-7-2-5-19-15-21(33)17-25(27(19)23)31(37)41/h1-2,4-7,14-17,34-35H,3,8-13H2. The molecule has 0 saturated carbocycles. The van der Waals surface area contributed by atoms with Gasteiger partial charge in [-0.15, -0.1) is 0 Å². The molecule has 4 aromatic carbocycles. The third-order valence-electron chi connectivity index (χ3n) is 7.52. The summed E-state index contributed by atoms with van der Waals surface area (Å²) in [5.74, 6) is -1.10. The van der Waals surface area contributed by atoms with Crippen LogP contribution in [0.2, 0.25) is 0 Å². The van der Waals surface area contributed by atoms with E-state index in [1.54, 1.807) is 24.3 Å². The largest absolute Gasteiger partial charge is 0.315 e. The fourth-order valence-corrected chi connectivity index (χ4v) is 6.57. The predicted octanol–water partition coefficient (Wildman–Crippen LogP) is 4.98. The van der Waals surface area contributed by atoms with E-state index in [9.17, 15) is 19.2 Å². The Morgan fingerprint density at radius 2 is 0.951 bits per heavy atom. The van der Waals surface area contributed by atoms with Crippen molar-refractivity contribution in [1.82, 2.24) is 20.4 Å². The molecule has 208 valence electrons. The Labute approximate surface area is 253 Å². The molecular weight excluding hydrogens is 652 g/mol. The lowest BCUT2D eigenvalue weighted by atomic mass is 9.94. The van der Waals surface area contributed by atoms with Crippen LogP contribution in [0.1, 0.15) is 47.9 Å². The van der Waals surface area contributed by atoms with Gasteiger partial charge in [0.05, 0.1) is 0 Å². The molecule has 0 radical (unpaired) electrons. The van der Waals surface area contributed by atoms with Crippen molar-refractivity contribution in [2.45, 2.75) is 6.42 Å². The molecule has 0 bridgehead atoms. The van der Waals surface area contributed by atoms with Crippen molar-refractivity contribution < 1.29 is 19.2 Å². The van der Waals surface area contributed by atoms with Crippen LogP contribution >= 0.6 is 31.9 Å². The van der Waals surface area contributed by atoms with Crippen LogP contribution < -0.4 is 10.6 Å². The van der Waals surface area contributed by atoms with Crippen molar-refractivity contribution in [1.29, 1.82) is 0 Å². The van der Waals surface area contributed by atoms with Gasteiger partial charge in [0.15, 0.2) is 0 Å². The van der Waals surface area contributed by atoms with Crippen LogP contribution in [-0.4, -0.2) is 72.7 Å². The molecule has 2 aliphatic heterocycles. The highest BCUT2D eigenvalue weighted by Crippen LogP contribution is 2.34. The van der Waals surface area contributed by atoms with E-state index in [4.69, 9.17) is 0 Å². The summed E-state index contributed by atoms with van der Waals surface area (Å²) in [6.45, 7) is 2.88. The molecule has 10 heteroatoms. The first-order valence-electron chi connectivity index (χ1n) is 13.4. The van der Waals surface area contributed by atoms with Gasteiger partial charge in [-0.3, -0.25) is 29.0 Å². The van der Waals surface area contributed by atoms with E-state index in [0.29, 0.717) is 59.2 Å². The lowest BCUT2D eigenvalue weighted by Gasteiger charge is -2.27. The quantitative estimate of drug-likeness (QED) is 0.182. The number of carbonyl (C=O) groups is 4. The van der Waals surface area contributed by atoms with Crippen LogP contribution in [0.4, 0.5) is 0 Å². The van der Waals surface area contributed by atoms with Crippen molar-refractivity contribution in [2.24, 2.45) is 0 Å². The smallest absolute Gasteiger partial charge is 0.261 e. The Morgan fingerprint density at radius 1 is 0.537 bits per heavy atom. The van der Waals surface area contributed by atoms with Gasteiger partial charge in [-0.2, -0.15) is 0 Å². The first kappa shape index (κ1) is 27.7. The summed E-state index contributed by atoms with van der Waals surface area (Å²) in [5, 5.41) is 9.75. The number of hydrogen-bond acceptors (Lipinski definition) is 6. The highest BCUT2D eigenvalue weighted by molar-refractivity contribution is 9.10. The van der Waals surface area contributed by atoms with Crippen molar-refractivity contribution in [3.8, 4) is 0 Å². The number of amides is 4. The van der Waals surface area contributed by atoms with Crippen molar-refractivity contribution >= 4 is 77.0 Å². The maximum atomic E-state index is 13.1. The van der Waals surface area contributed by atoms with Crippen molar-refractivity contribution in [3.05, 3.63) is 91.9 Å². The van der Waals surface area contributed by atoms with Crippen LogP contribution in [0.3, 0.4) is 0 Å². The fraction of sp³-hybridized carbons (Fsp3) is 0.226. The Bertz CT molecular complexity index is 1630. The van der Waals surface area contributed by atoms with Crippen molar-refractivity contribution in [2.75, 3.05) is 39.3 Å². The van der Waals surface area contributed by atoms with E-state index < -0.39 is 0 Å². The summed E-state index contributed by atoms with van der Waals surface area (Å²) in [5.41, 5.74) is 2.17. The van der Waals surface area contributed by atoms with Crippen LogP contribution in [0, 0.1) is 0 Å². The zero-order valence-corrected chi connectivity index (χ0v) is 25.2. The molecule has 0 aromatic heterocycles. The average molecular weight is 678 g/mol. The summed E-state index contributed by atoms with van der Waals surface area (Å²) in [6, 6.07) is 18.4. The van der Waals surface area contributed by atoms with E-state index in [0.717, 1.165) is 26.1 Å². The minimum absolute atomic E-state index is 0.271. The molecule has 0 unspecified atom stereocenters. The number of imide groups is 2. The lowest BCUT2D eigenvalue weighted by Crippen LogP contribution is -2.44. The number of halogens is 2. The van der Waals surface area contributed by atoms with Gasteiger partial charge in [0.2, 0.25) is 0 Å². The number of benzene rings is 4. The highest BCUT2D eigenvalue weighted by atomic mass is 79.9. The number of rotatable bonds is 10. The summed E-state index contributed by atoms with van der Waals surface area (Å²) >= 11 is 6.93. The number of nitrogens with one attached hydrogen (secondary N) is 2. The summed E-state index contributed by atoms with van der Waals surface area (Å²) < 4.78 is 1.60. The summed E-state index contributed by atoms with van der Waals surface area (Å²) in [6.07, 6.45) is 0.800. The number of nitrogens with zero attached hydrogens (tertiary/aromatic N) is 2. The molecule has 8 nitrogen and oxygen atoms in total. The molecule has 0 fully saturated rings. The number of hydrogen-bond donors (Lipinski definition) is 2. The van der Waals surface area contributed by atoms with E-state index in [1.165, 1.54) is 9.80 Å². The highest BCUT2D eigenvalue weighted by Gasteiger charge is 2.33. The van der Waals surface area contributed by atoms with Gasteiger partial charge in [-0.1, -0.05) is 56.1 Å². The summed E-state index contributed by atoms with van der Waals surface area (Å²) in [7, 11) is 0. The Balaban J connectivity index is 0.953. The Morgan fingerprint density at radius 3 is 1.39 bits per heavy atom. The fourth-order valence-electron chi connectivity index (χ4n) is 5.62. The van der Waals surface area contributed by atoms with Gasteiger partial charge >= 0.3 is 0 Å². The molecule has 2 heterocycles. The number of carbonyl (C=O) groups excluding carboxylic acids is 4. The lowest BCUT2D eigenvalue weighted by molar-refractivity contribution is 0.0597. The minimum Gasteiger partial charge on any atom is -0.315 e. The zero-order chi connectivity index (χ0) is 28.7. The summed E-state index contributed by atoms with van der Waals surface area (Å²) in [4.78, 5) is 54.9. The monoisotopic (exact) mass is 676 g/mol. The maximum absolute atomic E-state index is 13.1. The first-order valence-corrected chi connectivity index (χ1v) is 15.0. The Hall–Kier alpha value is -3.44. The van der Waals surface area contributed by atoms with Crippen LogP contribution in [-0.2, 0) is 0 Å².